The van der Waals surface area contributed by atoms with Crippen LogP contribution in [0.1, 0.15) is 30.7 Å². The van der Waals surface area contributed by atoms with Gasteiger partial charge in [-0.3, -0.25) is 9.36 Å². The number of aromatic amines is 1. The van der Waals surface area contributed by atoms with Crippen LogP contribution in [-0.4, -0.2) is 14.5 Å². The van der Waals surface area contributed by atoms with Crippen LogP contribution < -0.4 is 5.56 Å². The molecule has 0 saturated carbocycles. The smallest absolute Gasteiger partial charge is 0.257 e. The summed E-state index contributed by atoms with van der Waals surface area (Å²) in [4.78, 5) is 21.1. The second-order valence-electron chi connectivity index (χ2n) is 6.87. The predicted octanol–water partition coefficient (Wildman–Crippen LogP) is 3.99. The van der Waals surface area contributed by atoms with Gasteiger partial charge in [-0.15, -0.1) is 0 Å². The monoisotopic (exact) mass is 335 g/mol. The molecule has 1 N–H and O–H groups in total. The molecule has 0 aliphatic heterocycles. The molecule has 0 atom stereocenters. The number of aromatic nitrogens is 3. The van der Waals surface area contributed by atoms with E-state index < -0.39 is 0 Å². The fourth-order valence-electron chi connectivity index (χ4n) is 3.11. The maximum absolute atomic E-state index is 13.2. The minimum Gasteiger partial charge on any atom is -0.359 e. The molecule has 0 amide bonds. The molecule has 130 valence electrons. The van der Waals surface area contributed by atoms with Gasteiger partial charge < -0.3 is 4.98 Å². The Morgan fingerprint density at radius 2 is 1.88 bits per heavy atom. The van der Waals surface area contributed by atoms with E-state index in [1.165, 1.54) is 5.56 Å². The summed E-state index contributed by atoms with van der Waals surface area (Å²) >= 11 is 0. The Balaban J connectivity index is 2.04. The lowest BCUT2D eigenvalue weighted by atomic mass is 10.0. The lowest BCUT2D eigenvalue weighted by molar-refractivity contribution is 0.605. The molecule has 2 aromatic heterocycles. The summed E-state index contributed by atoms with van der Waals surface area (Å²) in [5.74, 6) is 1.14. The average Bonchev–Trinajstić information content (AvgIpc) is 3.12. The highest BCUT2D eigenvalue weighted by Gasteiger charge is 2.16. The Hall–Kier alpha value is -2.62. The van der Waals surface area contributed by atoms with Crippen molar-refractivity contribution in [3.05, 3.63) is 75.8 Å². The summed E-state index contributed by atoms with van der Waals surface area (Å²) in [5, 5.41) is 0. The highest BCUT2D eigenvalue weighted by atomic mass is 16.1. The molecule has 0 aliphatic carbocycles. The van der Waals surface area contributed by atoms with Crippen molar-refractivity contribution in [3.8, 4) is 11.5 Å². The van der Waals surface area contributed by atoms with Gasteiger partial charge in [0.25, 0.3) is 5.56 Å². The van der Waals surface area contributed by atoms with Gasteiger partial charge in [0.05, 0.1) is 5.69 Å². The summed E-state index contributed by atoms with van der Waals surface area (Å²) in [6.45, 7) is 6.82. The molecular weight excluding hydrogens is 310 g/mol. The first-order valence-electron chi connectivity index (χ1n) is 8.84. The van der Waals surface area contributed by atoms with Crippen molar-refractivity contribution in [2.45, 2.75) is 40.2 Å². The molecule has 2 heterocycles. The molecule has 3 aromatic rings. The summed E-state index contributed by atoms with van der Waals surface area (Å²) < 4.78 is 1.82. The molecule has 4 heteroatoms. The van der Waals surface area contributed by atoms with Crippen molar-refractivity contribution in [2.24, 2.45) is 5.92 Å². The molecule has 1 aromatic carbocycles. The van der Waals surface area contributed by atoms with E-state index >= 15 is 0 Å². The van der Waals surface area contributed by atoms with Crippen LogP contribution in [-0.2, 0) is 19.4 Å². The van der Waals surface area contributed by atoms with Gasteiger partial charge in [0.2, 0.25) is 0 Å². The maximum atomic E-state index is 13.2. The first kappa shape index (κ1) is 17.2. The van der Waals surface area contributed by atoms with E-state index in [1.54, 1.807) is 0 Å². The van der Waals surface area contributed by atoms with Crippen molar-refractivity contribution >= 4 is 0 Å². The second-order valence-corrected chi connectivity index (χ2v) is 6.87. The molecule has 0 bridgehead atoms. The third-order valence-electron chi connectivity index (χ3n) is 4.39. The second kappa shape index (κ2) is 7.51. The standard InChI is InChI=1S/C21H25N3O/c1-15(2)14-18-16(3)23-20(19-10-7-12-22-19)24(21(18)25)13-11-17-8-5-4-6-9-17/h4-10,12,15,22H,11,13-14H2,1-3H3. The van der Waals surface area contributed by atoms with Crippen molar-refractivity contribution in [2.75, 3.05) is 0 Å². The first-order chi connectivity index (χ1) is 12.1. The van der Waals surface area contributed by atoms with Crippen LogP contribution in [0.2, 0.25) is 0 Å². The van der Waals surface area contributed by atoms with Crippen molar-refractivity contribution in [1.82, 2.24) is 14.5 Å². The minimum atomic E-state index is 0.0849. The Morgan fingerprint density at radius 1 is 1.12 bits per heavy atom. The van der Waals surface area contributed by atoms with E-state index in [9.17, 15) is 4.79 Å². The van der Waals surface area contributed by atoms with E-state index in [4.69, 9.17) is 4.98 Å². The molecule has 0 radical (unpaired) electrons. The van der Waals surface area contributed by atoms with E-state index in [0.717, 1.165) is 35.6 Å². The summed E-state index contributed by atoms with van der Waals surface area (Å²) in [6, 6.07) is 14.1. The molecule has 3 rings (SSSR count). The number of benzene rings is 1. The Morgan fingerprint density at radius 3 is 2.52 bits per heavy atom. The maximum Gasteiger partial charge on any atom is 0.257 e. The number of nitrogens with one attached hydrogen (secondary N) is 1. The van der Waals surface area contributed by atoms with Crippen LogP contribution in [0.15, 0.2) is 53.5 Å². The summed E-state index contributed by atoms with van der Waals surface area (Å²) in [5.41, 5.74) is 3.85. The Kier molecular flexibility index (Phi) is 5.17. The zero-order chi connectivity index (χ0) is 17.8. The molecular formula is C21H25N3O. The zero-order valence-electron chi connectivity index (χ0n) is 15.1. The van der Waals surface area contributed by atoms with Crippen molar-refractivity contribution in [3.63, 3.8) is 0 Å². The van der Waals surface area contributed by atoms with Crippen LogP contribution >= 0.6 is 0 Å². The number of nitrogens with zero attached hydrogens (tertiary/aromatic N) is 2. The molecule has 0 fully saturated rings. The lowest BCUT2D eigenvalue weighted by Crippen LogP contribution is -2.29. The number of rotatable bonds is 6. The molecule has 0 saturated heterocycles. The molecule has 0 unspecified atom stereocenters. The van der Waals surface area contributed by atoms with E-state index in [-0.39, 0.29) is 5.56 Å². The van der Waals surface area contributed by atoms with Crippen LogP contribution in [0.5, 0.6) is 0 Å². The average molecular weight is 335 g/mol. The van der Waals surface area contributed by atoms with Crippen molar-refractivity contribution in [1.29, 1.82) is 0 Å². The first-order valence-corrected chi connectivity index (χ1v) is 8.84. The van der Waals surface area contributed by atoms with Gasteiger partial charge in [-0.25, -0.2) is 4.98 Å². The highest BCUT2D eigenvalue weighted by molar-refractivity contribution is 5.50. The van der Waals surface area contributed by atoms with E-state index in [2.05, 4.69) is 31.0 Å². The molecule has 4 nitrogen and oxygen atoms in total. The van der Waals surface area contributed by atoms with E-state index in [1.807, 2.05) is 48.0 Å². The van der Waals surface area contributed by atoms with Crippen LogP contribution in [0, 0.1) is 12.8 Å². The van der Waals surface area contributed by atoms with Crippen LogP contribution in [0.3, 0.4) is 0 Å². The van der Waals surface area contributed by atoms with Crippen molar-refractivity contribution < 1.29 is 0 Å². The normalized spacial score (nSPS) is 11.2. The fourth-order valence-corrected chi connectivity index (χ4v) is 3.11. The van der Waals surface area contributed by atoms with E-state index in [0.29, 0.717) is 12.5 Å². The third kappa shape index (κ3) is 3.90. The summed E-state index contributed by atoms with van der Waals surface area (Å²) in [6.07, 6.45) is 3.43. The van der Waals surface area contributed by atoms with Gasteiger partial charge in [-0.2, -0.15) is 0 Å². The molecule has 0 aliphatic rings. The van der Waals surface area contributed by atoms with Gasteiger partial charge in [0.1, 0.15) is 0 Å². The third-order valence-corrected chi connectivity index (χ3v) is 4.39. The number of hydrogen-bond donors (Lipinski definition) is 1. The number of H-pyrrole nitrogens is 1. The highest BCUT2D eigenvalue weighted by Crippen LogP contribution is 2.17. The van der Waals surface area contributed by atoms with Crippen LogP contribution in [0.4, 0.5) is 0 Å². The Labute approximate surface area is 148 Å². The summed E-state index contributed by atoms with van der Waals surface area (Å²) in [7, 11) is 0. The van der Waals surface area contributed by atoms with Crippen LogP contribution in [0.25, 0.3) is 11.5 Å². The molecule has 0 spiro atoms. The SMILES string of the molecule is Cc1nc(-c2ccc[nH]2)n(CCc2ccccc2)c(=O)c1CC(C)C. The topological polar surface area (TPSA) is 50.7 Å². The van der Waals surface area contributed by atoms with Gasteiger partial charge >= 0.3 is 0 Å². The predicted molar refractivity (Wildman–Crippen MR) is 102 cm³/mol. The lowest BCUT2D eigenvalue weighted by Gasteiger charge is -2.16. The fraction of sp³-hybridized carbons (Fsp3) is 0.333. The number of hydrogen-bond acceptors (Lipinski definition) is 2. The minimum absolute atomic E-state index is 0.0849. The Bertz CT molecular complexity index is 878. The van der Waals surface area contributed by atoms with Gasteiger partial charge in [-0.1, -0.05) is 44.2 Å². The van der Waals surface area contributed by atoms with Gasteiger partial charge in [0, 0.05) is 24.0 Å². The molecule has 25 heavy (non-hydrogen) atoms. The van der Waals surface area contributed by atoms with Gasteiger partial charge in [-0.05, 0) is 43.4 Å². The quantitative estimate of drug-likeness (QED) is 0.740. The zero-order valence-corrected chi connectivity index (χ0v) is 15.1. The van der Waals surface area contributed by atoms with Gasteiger partial charge in [0.15, 0.2) is 5.82 Å². The largest absolute Gasteiger partial charge is 0.359 e. The number of aryl methyl sites for hydroxylation is 2.